The summed E-state index contributed by atoms with van der Waals surface area (Å²) < 4.78 is 26.0. The second kappa shape index (κ2) is 5.66. The number of nitrogens with zero attached hydrogens (tertiary/aromatic N) is 1. The number of carbonyl (C=O) groups is 2. The van der Waals surface area contributed by atoms with Crippen LogP contribution >= 0.6 is 0 Å². The van der Waals surface area contributed by atoms with Gasteiger partial charge in [0.25, 0.3) is 0 Å². The lowest BCUT2D eigenvalue weighted by Gasteiger charge is -2.30. The van der Waals surface area contributed by atoms with Gasteiger partial charge >= 0.3 is 0 Å². The van der Waals surface area contributed by atoms with Crippen molar-refractivity contribution in [1.82, 2.24) is 4.90 Å². The molecule has 1 unspecified atom stereocenters. The lowest BCUT2D eigenvalue weighted by molar-refractivity contribution is -0.150. The number of nitrogens with two attached hydrogens (primary N) is 1. The second-order valence-electron chi connectivity index (χ2n) is 5.19. The summed E-state index contributed by atoms with van der Waals surface area (Å²) >= 11 is 0. The van der Waals surface area contributed by atoms with Gasteiger partial charge in [0.2, 0.25) is 11.8 Å². The molecule has 0 aromatic heterocycles. The van der Waals surface area contributed by atoms with Crippen LogP contribution in [0.1, 0.15) is 31.4 Å². The molecular weight excluding hydrogens is 266 g/mol. The van der Waals surface area contributed by atoms with Gasteiger partial charge in [-0.3, -0.25) is 14.5 Å². The summed E-state index contributed by atoms with van der Waals surface area (Å²) in [5.41, 5.74) is 6.22. The zero-order valence-corrected chi connectivity index (χ0v) is 11.1. The monoisotopic (exact) mass is 282 g/mol. The van der Waals surface area contributed by atoms with Crippen LogP contribution in [0.2, 0.25) is 0 Å². The SMILES string of the molecule is CC1CC(=O)N(CC(N)c2ccc(F)c(F)c2)C(=O)C1. The lowest BCUT2D eigenvalue weighted by atomic mass is 9.96. The first-order valence-corrected chi connectivity index (χ1v) is 6.42. The molecule has 0 aliphatic carbocycles. The first kappa shape index (κ1) is 14.6. The highest BCUT2D eigenvalue weighted by molar-refractivity contribution is 5.97. The highest BCUT2D eigenvalue weighted by Gasteiger charge is 2.31. The van der Waals surface area contributed by atoms with Crippen LogP contribution in [-0.2, 0) is 9.59 Å². The van der Waals surface area contributed by atoms with E-state index in [0.717, 1.165) is 17.0 Å². The van der Waals surface area contributed by atoms with E-state index in [9.17, 15) is 18.4 Å². The van der Waals surface area contributed by atoms with Crippen LogP contribution in [0.25, 0.3) is 0 Å². The molecule has 2 rings (SSSR count). The summed E-state index contributed by atoms with van der Waals surface area (Å²) in [6.07, 6.45) is 0.604. The van der Waals surface area contributed by atoms with Crippen molar-refractivity contribution in [2.24, 2.45) is 11.7 Å². The van der Waals surface area contributed by atoms with E-state index in [-0.39, 0.29) is 24.3 Å². The molecule has 4 nitrogen and oxygen atoms in total. The predicted octanol–water partition coefficient (Wildman–Crippen LogP) is 1.75. The highest BCUT2D eigenvalue weighted by Crippen LogP contribution is 2.22. The standard InChI is InChI=1S/C14H16F2N2O2/c1-8-4-13(19)18(14(20)5-8)7-12(17)9-2-3-10(15)11(16)6-9/h2-3,6,8,12H,4-5,7,17H2,1H3. The van der Waals surface area contributed by atoms with Crippen molar-refractivity contribution in [3.05, 3.63) is 35.4 Å². The zero-order valence-electron chi connectivity index (χ0n) is 11.1. The van der Waals surface area contributed by atoms with Gasteiger partial charge in [-0.1, -0.05) is 13.0 Å². The summed E-state index contributed by atoms with van der Waals surface area (Å²) in [6, 6.07) is 2.59. The van der Waals surface area contributed by atoms with Crippen LogP contribution in [0.3, 0.4) is 0 Å². The van der Waals surface area contributed by atoms with E-state index in [1.165, 1.54) is 6.07 Å². The first-order valence-electron chi connectivity index (χ1n) is 6.42. The van der Waals surface area contributed by atoms with Gasteiger partial charge in [0.1, 0.15) is 0 Å². The Labute approximate surface area is 115 Å². The Hall–Kier alpha value is -1.82. The van der Waals surface area contributed by atoms with Crippen molar-refractivity contribution in [2.75, 3.05) is 6.54 Å². The van der Waals surface area contributed by atoms with Gasteiger partial charge in [0.05, 0.1) is 0 Å². The number of halogens is 2. The van der Waals surface area contributed by atoms with Gasteiger partial charge < -0.3 is 5.73 Å². The maximum atomic E-state index is 13.1. The number of piperidine rings is 1. The van der Waals surface area contributed by atoms with Crippen molar-refractivity contribution in [3.8, 4) is 0 Å². The van der Waals surface area contributed by atoms with E-state index in [4.69, 9.17) is 5.73 Å². The van der Waals surface area contributed by atoms with Gasteiger partial charge in [0.15, 0.2) is 11.6 Å². The third-order valence-electron chi connectivity index (χ3n) is 3.40. The molecule has 0 bridgehead atoms. The fraction of sp³-hybridized carbons (Fsp3) is 0.429. The van der Waals surface area contributed by atoms with Crippen LogP contribution < -0.4 is 5.73 Å². The molecule has 1 atom stereocenters. The number of hydrogen-bond donors (Lipinski definition) is 1. The third-order valence-corrected chi connectivity index (χ3v) is 3.40. The molecule has 1 aliphatic rings. The van der Waals surface area contributed by atoms with Crippen molar-refractivity contribution in [2.45, 2.75) is 25.8 Å². The number of carbonyl (C=O) groups excluding carboxylic acids is 2. The molecular formula is C14H16F2N2O2. The van der Waals surface area contributed by atoms with Crippen molar-refractivity contribution in [3.63, 3.8) is 0 Å². The number of imide groups is 1. The van der Waals surface area contributed by atoms with Gasteiger partial charge in [-0.2, -0.15) is 0 Å². The Balaban J connectivity index is 2.10. The van der Waals surface area contributed by atoms with Crippen LogP contribution in [0.5, 0.6) is 0 Å². The summed E-state index contributed by atoms with van der Waals surface area (Å²) in [5, 5.41) is 0. The normalized spacial score (nSPS) is 18.5. The first-order chi connectivity index (χ1) is 9.38. The number of hydrogen-bond acceptors (Lipinski definition) is 3. The van der Waals surface area contributed by atoms with Crippen molar-refractivity contribution >= 4 is 11.8 Å². The summed E-state index contributed by atoms with van der Waals surface area (Å²) in [4.78, 5) is 24.7. The molecule has 0 spiro atoms. The minimum absolute atomic E-state index is 0.0184. The Morgan fingerprint density at radius 1 is 1.25 bits per heavy atom. The van der Waals surface area contributed by atoms with E-state index in [2.05, 4.69) is 0 Å². The van der Waals surface area contributed by atoms with E-state index < -0.39 is 17.7 Å². The summed E-state index contributed by atoms with van der Waals surface area (Å²) in [6.45, 7) is 1.82. The largest absolute Gasteiger partial charge is 0.322 e. The molecule has 1 saturated heterocycles. The summed E-state index contributed by atoms with van der Waals surface area (Å²) in [5.74, 6) is -2.47. The van der Waals surface area contributed by atoms with Crippen LogP contribution in [-0.4, -0.2) is 23.3 Å². The van der Waals surface area contributed by atoms with Crippen LogP contribution in [0.4, 0.5) is 8.78 Å². The van der Waals surface area contributed by atoms with Gasteiger partial charge in [-0.05, 0) is 23.6 Å². The molecule has 0 radical (unpaired) electrons. The molecule has 0 saturated carbocycles. The van der Waals surface area contributed by atoms with E-state index in [1.807, 2.05) is 6.92 Å². The molecule has 2 N–H and O–H groups in total. The van der Waals surface area contributed by atoms with Crippen molar-refractivity contribution in [1.29, 1.82) is 0 Å². The van der Waals surface area contributed by atoms with Crippen molar-refractivity contribution < 1.29 is 18.4 Å². The summed E-state index contributed by atoms with van der Waals surface area (Å²) in [7, 11) is 0. The lowest BCUT2D eigenvalue weighted by Crippen LogP contribution is -2.45. The van der Waals surface area contributed by atoms with E-state index >= 15 is 0 Å². The number of amides is 2. The molecule has 6 heteroatoms. The van der Waals surface area contributed by atoms with Gasteiger partial charge in [-0.25, -0.2) is 8.78 Å². The van der Waals surface area contributed by atoms with Gasteiger partial charge in [-0.15, -0.1) is 0 Å². The average molecular weight is 282 g/mol. The molecule has 1 aliphatic heterocycles. The molecule has 1 aromatic rings. The fourth-order valence-electron chi connectivity index (χ4n) is 2.28. The Kier molecular flexibility index (Phi) is 4.13. The molecule has 1 fully saturated rings. The Morgan fingerprint density at radius 2 is 1.85 bits per heavy atom. The molecule has 1 aromatic carbocycles. The maximum absolute atomic E-state index is 13.1. The fourth-order valence-corrected chi connectivity index (χ4v) is 2.28. The highest BCUT2D eigenvalue weighted by atomic mass is 19.2. The minimum Gasteiger partial charge on any atom is -0.322 e. The van der Waals surface area contributed by atoms with Gasteiger partial charge in [0, 0.05) is 25.4 Å². The number of likely N-dealkylation sites (tertiary alicyclic amines) is 1. The Morgan fingerprint density at radius 3 is 2.40 bits per heavy atom. The van der Waals surface area contributed by atoms with Crippen LogP contribution in [0.15, 0.2) is 18.2 Å². The zero-order chi connectivity index (χ0) is 14.9. The molecule has 20 heavy (non-hydrogen) atoms. The number of benzene rings is 1. The minimum atomic E-state index is -0.997. The third kappa shape index (κ3) is 3.01. The quantitative estimate of drug-likeness (QED) is 0.859. The van der Waals surface area contributed by atoms with E-state index in [0.29, 0.717) is 18.4 Å². The van der Waals surface area contributed by atoms with Crippen LogP contribution in [0, 0.1) is 17.6 Å². The molecule has 1 heterocycles. The maximum Gasteiger partial charge on any atom is 0.229 e. The smallest absolute Gasteiger partial charge is 0.229 e. The average Bonchev–Trinajstić information content (AvgIpc) is 2.36. The van der Waals surface area contributed by atoms with E-state index in [1.54, 1.807) is 0 Å². The molecule has 108 valence electrons. The Bertz CT molecular complexity index is 530. The predicted molar refractivity (Wildman–Crippen MR) is 68.4 cm³/mol. The number of rotatable bonds is 3. The topological polar surface area (TPSA) is 63.4 Å². The molecule has 2 amide bonds. The second-order valence-corrected chi connectivity index (χ2v) is 5.19.